The van der Waals surface area contributed by atoms with Crippen molar-refractivity contribution in [1.29, 1.82) is 0 Å². The highest BCUT2D eigenvalue weighted by molar-refractivity contribution is 7.10. The van der Waals surface area contributed by atoms with E-state index in [1.165, 1.54) is 11.3 Å². The van der Waals surface area contributed by atoms with Gasteiger partial charge in [0.2, 0.25) is 5.91 Å². The number of likely N-dealkylation sites (tertiary alicyclic amines) is 1. The lowest BCUT2D eigenvalue weighted by molar-refractivity contribution is -0.141. The van der Waals surface area contributed by atoms with E-state index in [9.17, 15) is 18.0 Å². The molecule has 5 rings (SSSR count). The fourth-order valence-electron chi connectivity index (χ4n) is 4.29. The summed E-state index contributed by atoms with van der Waals surface area (Å²) >= 11 is 1.42. The summed E-state index contributed by atoms with van der Waals surface area (Å²) in [4.78, 5) is 36.1. The van der Waals surface area contributed by atoms with Crippen LogP contribution in [0.1, 0.15) is 56.1 Å². The molecule has 1 aliphatic rings. The smallest absolute Gasteiger partial charge is 0.341 e. The lowest BCUT2D eigenvalue weighted by Crippen LogP contribution is -2.39. The van der Waals surface area contributed by atoms with Crippen LogP contribution in [-0.4, -0.2) is 53.4 Å². The number of aromatic nitrogens is 6. The van der Waals surface area contributed by atoms with Gasteiger partial charge in [-0.15, -0.1) is 11.3 Å². The number of piperidine rings is 1. The Morgan fingerprint density at radius 3 is 2.54 bits per heavy atom. The van der Waals surface area contributed by atoms with Crippen molar-refractivity contribution in [3.8, 4) is 11.4 Å². The predicted octanol–water partition coefficient (Wildman–Crippen LogP) is 5.07. The maximum atomic E-state index is 13.5. The maximum Gasteiger partial charge on any atom is 0.433 e. The number of fused-ring (bicyclic) bond motifs is 1. The summed E-state index contributed by atoms with van der Waals surface area (Å²) in [6.45, 7) is 6.67. The average molecular weight is 530 g/mol. The van der Waals surface area contributed by atoms with Crippen molar-refractivity contribution in [3.05, 3.63) is 52.6 Å². The molecule has 5 heterocycles. The molecule has 1 amide bonds. The standard InChI is InChI=1S/C25H26F3N7OS/c1-24(2,3)23-32-17(11-19(33-23)25(26,27)28)18-13-37-22(31-18)15-6-9-34(10-7-15)20(36)12-35-14-30-16-5-4-8-29-21(16)35/h4-5,8,11,13-15H,6-7,9-10,12H2,1-3H3. The van der Waals surface area contributed by atoms with E-state index in [-0.39, 0.29) is 29.9 Å². The molecule has 4 aromatic rings. The third-order valence-corrected chi connectivity index (χ3v) is 7.36. The lowest BCUT2D eigenvalue weighted by Gasteiger charge is -2.31. The zero-order valence-electron chi connectivity index (χ0n) is 20.7. The third kappa shape index (κ3) is 5.34. The van der Waals surface area contributed by atoms with E-state index in [0.717, 1.165) is 29.4 Å². The molecule has 1 aliphatic heterocycles. The van der Waals surface area contributed by atoms with E-state index < -0.39 is 17.3 Å². The van der Waals surface area contributed by atoms with Crippen LogP contribution in [0, 0.1) is 0 Å². The van der Waals surface area contributed by atoms with Crippen molar-refractivity contribution in [2.24, 2.45) is 0 Å². The van der Waals surface area contributed by atoms with Crippen LogP contribution in [0.25, 0.3) is 22.6 Å². The molecule has 0 N–H and O–H groups in total. The Morgan fingerprint density at radius 1 is 1.08 bits per heavy atom. The third-order valence-electron chi connectivity index (χ3n) is 6.35. The quantitative estimate of drug-likeness (QED) is 0.367. The first-order chi connectivity index (χ1) is 17.5. The van der Waals surface area contributed by atoms with E-state index in [4.69, 9.17) is 0 Å². The minimum Gasteiger partial charge on any atom is -0.341 e. The van der Waals surface area contributed by atoms with Crippen LogP contribution in [0.5, 0.6) is 0 Å². The molecule has 8 nitrogen and oxygen atoms in total. The van der Waals surface area contributed by atoms with Crippen LogP contribution in [0.15, 0.2) is 36.1 Å². The molecule has 0 radical (unpaired) electrons. The van der Waals surface area contributed by atoms with Crippen molar-refractivity contribution in [2.45, 2.75) is 57.7 Å². The normalized spacial score (nSPS) is 15.5. The van der Waals surface area contributed by atoms with Crippen molar-refractivity contribution >= 4 is 28.4 Å². The Balaban J connectivity index is 1.27. The van der Waals surface area contributed by atoms with Crippen LogP contribution in [0.3, 0.4) is 0 Å². The van der Waals surface area contributed by atoms with Crippen molar-refractivity contribution in [3.63, 3.8) is 0 Å². The van der Waals surface area contributed by atoms with Gasteiger partial charge in [-0.25, -0.2) is 24.9 Å². The zero-order valence-corrected chi connectivity index (χ0v) is 21.5. The summed E-state index contributed by atoms with van der Waals surface area (Å²) in [5, 5.41) is 2.59. The van der Waals surface area contributed by atoms with Crippen molar-refractivity contribution in [1.82, 2.24) is 34.4 Å². The average Bonchev–Trinajstić information content (AvgIpc) is 3.51. The van der Waals surface area contributed by atoms with Crippen LogP contribution in [0.4, 0.5) is 13.2 Å². The minimum atomic E-state index is -4.57. The van der Waals surface area contributed by atoms with E-state index in [0.29, 0.717) is 24.4 Å². The largest absolute Gasteiger partial charge is 0.433 e. The summed E-state index contributed by atoms with van der Waals surface area (Å²) in [6.07, 6.45) is 0.184. The summed E-state index contributed by atoms with van der Waals surface area (Å²) in [5.74, 6) is 0.253. The number of alkyl halides is 3. The minimum absolute atomic E-state index is 0.00129. The molecule has 0 aromatic carbocycles. The van der Waals surface area contributed by atoms with Crippen molar-refractivity contribution in [2.75, 3.05) is 13.1 Å². The molecule has 0 saturated carbocycles. The van der Waals surface area contributed by atoms with Gasteiger partial charge in [0.1, 0.15) is 23.6 Å². The summed E-state index contributed by atoms with van der Waals surface area (Å²) < 4.78 is 42.2. The number of hydrogen-bond acceptors (Lipinski definition) is 7. The van der Waals surface area contributed by atoms with Gasteiger partial charge in [-0.2, -0.15) is 13.2 Å². The monoisotopic (exact) mass is 529 g/mol. The van der Waals surface area contributed by atoms with Gasteiger partial charge in [0, 0.05) is 36.0 Å². The number of rotatable bonds is 4. The van der Waals surface area contributed by atoms with Gasteiger partial charge < -0.3 is 9.47 Å². The highest BCUT2D eigenvalue weighted by atomic mass is 32.1. The molecule has 194 valence electrons. The second-order valence-electron chi connectivity index (χ2n) is 10.2. The Morgan fingerprint density at radius 2 is 1.84 bits per heavy atom. The molecular formula is C25H26F3N7OS. The van der Waals surface area contributed by atoms with Gasteiger partial charge in [0.05, 0.1) is 22.7 Å². The van der Waals surface area contributed by atoms with E-state index in [1.807, 2.05) is 11.0 Å². The van der Waals surface area contributed by atoms with E-state index in [2.05, 4.69) is 24.9 Å². The highest BCUT2D eigenvalue weighted by Crippen LogP contribution is 2.35. The van der Waals surface area contributed by atoms with Gasteiger partial charge in [0.25, 0.3) is 0 Å². The first kappa shape index (κ1) is 25.2. The number of halogens is 3. The Kier molecular flexibility index (Phi) is 6.47. The first-order valence-electron chi connectivity index (χ1n) is 12.0. The number of hydrogen-bond donors (Lipinski definition) is 0. The summed E-state index contributed by atoms with van der Waals surface area (Å²) in [6, 6.07) is 4.62. The Hall–Kier alpha value is -3.41. The highest BCUT2D eigenvalue weighted by Gasteiger charge is 2.35. The topological polar surface area (TPSA) is 89.7 Å². The van der Waals surface area contributed by atoms with Crippen LogP contribution < -0.4 is 0 Å². The molecule has 37 heavy (non-hydrogen) atoms. The second kappa shape index (κ2) is 9.47. The summed E-state index contributed by atoms with van der Waals surface area (Å²) in [5.41, 5.74) is 0.390. The number of carbonyl (C=O) groups excluding carboxylic acids is 1. The molecule has 1 fully saturated rings. The van der Waals surface area contributed by atoms with E-state index >= 15 is 0 Å². The fourth-order valence-corrected chi connectivity index (χ4v) is 5.27. The second-order valence-corrected chi connectivity index (χ2v) is 11.0. The molecule has 0 spiro atoms. The Bertz CT molecular complexity index is 1400. The number of amides is 1. The van der Waals surface area contributed by atoms with Gasteiger partial charge in [-0.05, 0) is 31.0 Å². The van der Waals surface area contributed by atoms with Crippen molar-refractivity contribution < 1.29 is 18.0 Å². The SMILES string of the molecule is CC(C)(C)c1nc(-c2csc(C3CCN(C(=O)Cn4cnc5cccnc54)CC3)n2)cc(C(F)(F)F)n1. The molecule has 0 unspecified atom stereocenters. The number of carbonyl (C=O) groups is 1. The van der Waals surface area contributed by atoms with Crippen LogP contribution in [-0.2, 0) is 22.9 Å². The zero-order chi connectivity index (χ0) is 26.4. The van der Waals surface area contributed by atoms with E-state index in [1.54, 1.807) is 49.3 Å². The predicted molar refractivity (Wildman–Crippen MR) is 133 cm³/mol. The molecule has 4 aromatic heterocycles. The number of thiazole rings is 1. The van der Waals surface area contributed by atoms with Gasteiger partial charge >= 0.3 is 6.18 Å². The molecule has 1 saturated heterocycles. The number of pyridine rings is 1. The van der Waals surface area contributed by atoms with Gasteiger partial charge in [-0.1, -0.05) is 20.8 Å². The fraction of sp³-hybridized carbons (Fsp3) is 0.440. The molecule has 12 heteroatoms. The van der Waals surface area contributed by atoms with Crippen LogP contribution >= 0.6 is 11.3 Å². The molecule has 0 atom stereocenters. The van der Waals surface area contributed by atoms with Gasteiger partial charge in [-0.3, -0.25) is 4.79 Å². The molecule has 0 bridgehead atoms. The Labute approximate surface area is 215 Å². The first-order valence-corrected chi connectivity index (χ1v) is 12.8. The number of nitrogens with zero attached hydrogens (tertiary/aromatic N) is 7. The summed E-state index contributed by atoms with van der Waals surface area (Å²) in [7, 11) is 0. The maximum absolute atomic E-state index is 13.5. The molecule has 0 aliphatic carbocycles. The molecular weight excluding hydrogens is 503 g/mol. The van der Waals surface area contributed by atoms with Gasteiger partial charge in [0.15, 0.2) is 5.65 Å². The lowest BCUT2D eigenvalue weighted by atomic mass is 9.95. The van der Waals surface area contributed by atoms with Crippen LogP contribution in [0.2, 0.25) is 0 Å². The number of imidazole rings is 1.